The average Bonchev–Trinajstić information content (AvgIpc) is 2.76. The van der Waals surface area contributed by atoms with Gasteiger partial charge in [0.25, 0.3) is 0 Å². The van der Waals surface area contributed by atoms with E-state index in [1.807, 2.05) is 12.3 Å². The summed E-state index contributed by atoms with van der Waals surface area (Å²) in [4.78, 5) is 4.99. The van der Waals surface area contributed by atoms with E-state index in [2.05, 4.69) is 10.1 Å². The Morgan fingerprint density at radius 1 is 1.50 bits per heavy atom. The van der Waals surface area contributed by atoms with Gasteiger partial charge in [0.15, 0.2) is 0 Å². The van der Waals surface area contributed by atoms with E-state index in [9.17, 15) is 5.11 Å². The summed E-state index contributed by atoms with van der Waals surface area (Å²) in [6.07, 6.45) is 1.92. The Balaban J connectivity index is 2.53. The molecule has 5 nitrogen and oxygen atoms in total. The van der Waals surface area contributed by atoms with E-state index in [1.54, 1.807) is 12.1 Å². The van der Waals surface area contributed by atoms with Crippen LogP contribution in [-0.2, 0) is 6.54 Å². The molecule has 0 atom stereocenters. The first kappa shape index (κ1) is 11.0. The molecular weight excluding hydrogens is 226 g/mol. The molecule has 0 saturated carbocycles. The van der Waals surface area contributed by atoms with Crippen molar-refractivity contribution >= 4 is 11.8 Å². The van der Waals surface area contributed by atoms with Crippen LogP contribution in [0.3, 0.4) is 0 Å². The Hall–Kier alpha value is -1.53. The lowest BCUT2D eigenvalue weighted by molar-refractivity contribution is 0.380. The molecule has 1 aromatic heterocycles. The summed E-state index contributed by atoms with van der Waals surface area (Å²) in [5.41, 5.74) is 5.97. The van der Waals surface area contributed by atoms with E-state index in [-0.39, 0.29) is 12.3 Å². The molecule has 2 rings (SSSR count). The predicted octanol–water partition coefficient (Wildman–Crippen LogP) is 1.62. The maximum Gasteiger partial charge on any atom is 0.240 e. The zero-order valence-electron chi connectivity index (χ0n) is 8.67. The first-order valence-corrected chi connectivity index (χ1v) is 5.87. The number of phenolic OH excluding ortho intramolecular Hbond substituents is 1. The van der Waals surface area contributed by atoms with Gasteiger partial charge in [-0.15, -0.1) is 11.8 Å². The second-order valence-corrected chi connectivity index (χ2v) is 3.92. The van der Waals surface area contributed by atoms with Crippen molar-refractivity contribution in [1.82, 2.24) is 10.1 Å². The summed E-state index contributed by atoms with van der Waals surface area (Å²) in [6.45, 7) is 0.190. The van der Waals surface area contributed by atoms with Crippen LogP contribution in [0.4, 0.5) is 0 Å². The normalized spacial score (nSPS) is 10.6. The van der Waals surface area contributed by atoms with Gasteiger partial charge in [0.2, 0.25) is 11.7 Å². The van der Waals surface area contributed by atoms with E-state index in [0.717, 1.165) is 4.90 Å². The second kappa shape index (κ2) is 4.54. The highest BCUT2D eigenvalue weighted by Crippen LogP contribution is 2.35. The monoisotopic (exact) mass is 237 g/mol. The van der Waals surface area contributed by atoms with Crippen LogP contribution in [0.1, 0.15) is 5.89 Å². The van der Waals surface area contributed by atoms with Crippen molar-refractivity contribution < 1.29 is 9.63 Å². The van der Waals surface area contributed by atoms with Gasteiger partial charge in [-0.1, -0.05) is 11.2 Å². The van der Waals surface area contributed by atoms with Crippen LogP contribution in [0.25, 0.3) is 11.4 Å². The van der Waals surface area contributed by atoms with Crippen molar-refractivity contribution in [2.75, 3.05) is 6.26 Å². The topological polar surface area (TPSA) is 85.2 Å². The lowest BCUT2D eigenvalue weighted by atomic mass is 10.2. The summed E-state index contributed by atoms with van der Waals surface area (Å²) in [7, 11) is 0. The van der Waals surface area contributed by atoms with Crippen LogP contribution < -0.4 is 5.73 Å². The Bertz CT molecular complexity index is 499. The Morgan fingerprint density at radius 2 is 2.31 bits per heavy atom. The molecule has 0 aliphatic rings. The first-order valence-electron chi connectivity index (χ1n) is 4.65. The molecular formula is C10H11N3O2S. The van der Waals surface area contributed by atoms with Gasteiger partial charge in [-0.2, -0.15) is 4.98 Å². The van der Waals surface area contributed by atoms with Crippen molar-refractivity contribution in [3.8, 4) is 17.1 Å². The van der Waals surface area contributed by atoms with Gasteiger partial charge in [0, 0.05) is 4.90 Å². The minimum absolute atomic E-state index is 0.135. The third-order valence-electron chi connectivity index (χ3n) is 2.09. The lowest BCUT2D eigenvalue weighted by Crippen LogP contribution is -1.95. The quantitative estimate of drug-likeness (QED) is 0.789. The highest BCUT2D eigenvalue weighted by atomic mass is 32.2. The summed E-state index contributed by atoms with van der Waals surface area (Å²) >= 11 is 1.51. The average molecular weight is 237 g/mol. The second-order valence-electron chi connectivity index (χ2n) is 3.07. The van der Waals surface area contributed by atoms with Crippen molar-refractivity contribution in [2.45, 2.75) is 11.4 Å². The Kier molecular flexibility index (Phi) is 3.12. The third kappa shape index (κ3) is 1.89. The molecule has 16 heavy (non-hydrogen) atoms. The molecule has 3 N–H and O–H groups in total. The number of nitrogens with zero attached hydrogens (tertiary/aromatic N) is 2. The van der Waals surface area contributed by atoms with E-state index in [4.69, 9.17) is 10.3 Å². The number of nitrogens with two attached hydrogens (primary N) is 1. The van der Waals surface area contributed by atoms with Crippen molar-refractivity contribution in [3.63, 3.8) is 0 Å². The number of phenols is 1. The van der Waals surface area contributed by atoms with Gasteiger partial charge >= 0.3 is 0 Å². The number of hydrogen-bond acceptors (Lipinski definition) is 6. The number of rotatable bonds is 3. The van der Waals surface area contributed by atoms with Crippen molar-refractivity contribution in [2.24, 2.45) is 5.73 Å². The van der Waals surface area contributed by atoms with Crippen molar-refractivity contribution in [3.05, 3.63) is 24.1 Å². The lowest BCUT2D eigenvalue weighted by Gasteiger charge is -2.04. The van der Waals surface area contributed by atoms with Crippen LogP contribution in [0, 0.1) is 0 Å². The van der Waals surface area contributed by atoms with Gasteiger partial charge in [0.1, 0.15) is 5.75 Å². The van der Waals surface area contributed by atoms with E-state index < -0.39 is 0 Å². The van der Waals surface area contributed by atoms with Gasteiger partial charge in [-0.05, 0) is 18.4 Å². The highest BCUT2D eigenvalue weighted by molar-refractivity contribution is 7.98. The molecule has 0 amide bonds. The molecule has 0 saturated heterocycles. The first-order chi connectivity index (χ1) is 7.76. The van der Waals surface area contributed by atoms with Gasteiger partial charge < -0.3 is 15.4 Å². The fourth-order valence-corrected chi connectivity index (χ4v) is 1.97. The number of benzene rings is 1. The highest BCUT2D eigenvalue weighted by Gasteiger charge is 2.15. The summed E-state index contributed by atoms with van der Waals surface area (Å²) in [5, 5.41) is 13.6. The van der Waals surface area contributed by atoms with Crippen molar-refractivity contribution in [1.29, 1.82) is 0 Å². The predicted molar refractivity (Wildman–Crippen MR) is 61.1 cm³/mol. The maximum absolute atomic E-state index is 9.79. The van der Waals surface area contributed by atoms with E-state index in [0.29, 0.717) is 17.3 Å². The molecule has 6 heteroatoms. The summed E-state index contributed by atoms with van der Waals surface area (Å²) in [5.74, 6) is 0.851. The summed E-state index contributed by atoms with van der Waals surface area (Å²) in [6, 6.07) is 5.25. The van der Waals surface area contributed by atoms with Gasteiger partial charge in [0.05, 0.1) is 12.1 Å². The van der Waals surface area contributed by atoms with E-state index in [1.165, 1.54) is 11.8 Å². The zero-order chi connectivity index (χ0) is 11.5. The SMILES string of the molecule is CSc1cccc(O)c1-c1noc(CN)n1. The molecule has 0 fully saturated rings. The number of aromatic nitrogens is 2. The van der Waals surface area contributed by atoms with Crippen LogP contribution in [0.15, 0.2) is 27.6 Å². The van der Waals surface area contributed by atoms with Crippen LogP contribution in [0.5, 0.6) is 5.75 Å². The minimum atomic E-state index is 0.135. The third-order valence-corrected chi connectivity index (χ3v) is 2.87. The standard InChI is InChI=1S/C10H11N3O2S/c1-16-7-4-2-3-6(14)9(7)10-12-8(5-11)15-13-10/h2-4,14H,5,11H2,1H3. The van der Waals surface area contributed by atoms with Gasteiger partial charge in [-0.25, -0.2) is 0 Å². The van der Waals surface area contributed by atoms with Crippen LogP contribution >= 0.6 is 11.8 Å². The number of hydrogen-bond donors (Lipinski definition) is 2. The molecule has 0 unspecified atom stereocenters. The minimum Gasteiger partial charge on any atom is -0.507 e. The zero-order valence-corrected chi connectivity index (χ0v) is 9.49. The maximum atomic E-state index is 9.79. The molecule has 0 radical (unpaired) electrons. The molecule has 2 aromatic rings. The Labute approximate surface area is 96.7 Å². The fraction of sp³-hybridized carbons (Fsp3) is 0.200. The van der Waals surface area contributed by atoms with Crippen LogP contribution in [0.2, 0.25) is 0 Å². The Morgan fingerprint density at radius 3 is 2.94 bits per heavy atom. The fourth-order valence-electron chi connectivity index (χ4n) is 1.35. The molecule has 1 aromatic carbocycles. The molecule has 0 aliphatic heterocycles. The number of thioether (sulfide) groups is 1. The van der Waals surface area contributed by atoms with E-state index >= 15 is 0 Å². The summed E-state index contributed by atoms with van der Waals surface area (Å²) < 4.78 is 4.92. The molecule has 0 bridgehead atoms. The molecule has 0 aliphatic carbocycles. The van der Waals surface area contributed by atoms with Crippen LogP contribution in [-0.4, -0.2) is 21.5 Å². The smallest absolute Gasteiger partial charge is 0.240 e. The number of aromatic hydroxyl groups is 1. The molecule has 84 valence electrons. The largest absolute Gasteiger partial charge is 0.507 e. The molecule has 0 spiro atoms. The van der Waals surface area contributed by atoms with Gasteiger partial charge in [-0.3, -0.25) is 0 Å². The molecule has 1 heterocycles.